The van der Waals surface area contributed by atoms with E-state index in [-0.39, 0.29) is 24.9 Å². The number of aromatic hydroxyl groups is 1. The Balaban J connectivity index is 1.59. The molecule has 0 saturated carbocycles. The molecule has 13 heteroatoms. The van der Waals surface area contributed by atoms with Gasteiger partial charge in [-0.15, -0.1) is 0 Å². The van der Waals surface area contributed by atoms with Crippen LogP contribution in [0.4, 0.5) is 14.5 Å². The topological polar surface area (TPSA) is 170 Å². The van der Waals surface area contributed by atoms with Crippen LogP contribution in [0, 0.1) is 11.6 Å². The smallest absolute Gasteiger partial charge is 0.349 e. The van der Waals surface area contributed by atoms with Crippen molar-refractivity contribution in [1.82, 2.24) is 10.3 Å². The van der Waals surface area contributed by atoms with Crippen molar-refractivity contribution < 1.29 is 27.9 Å². The van der Waals surface area contributed by atoms with Gasteiger partial charge in [0.2, 0.25) is 11.7 Å². The van der Waals surface area contributed by atoms with Gasteiger partial charge in [0.1, 0.15) is 5.56 Å². The summed E-state index contributed by atoms with van der Waals surface area (Å²) < 4.78 is 32.0. The third-order valence-corrected chi connectivity index (χ3v) is 4.18. The monoisotopic (exact) mass is 444 g/mol. The van der Waals surface area contributed by atoms with Gasteiger partial charge in [0.05, 0.1) is 18.4 Å². The van der Waals surface area contributed by atoms with Crippen LogP contribution in [0.25, 0.3) is 21.4 Å². The summed E-state index contributed by atoms with van der Waals surface area (Å²) in [6, 6.07) is 4.76. The number of carbonyl (C=O) groups is 2. The van der Waals surface area contributed by atoms with Crippen LogP contribution in [-0.2, 0) is 11.3 Å². The van der Waals surface area contributed by atoms with Crippen molar-refractivity contribution in [3.8, 4) is 5.75 Å². The van der Waals surface area contributed by atoms with E-state index >= 15 is 0 Å². The zero-order chi connectivity index (χ0) is 23.3. The van der Waals surface area contributed by atoms with Crippen molar-refractivity contribution in [3.63, 3.8) is 0 Å². The number of rotatable bonds is 7. The Hall–Kier alpha value is -4.51. The number of carbonyl (C=O) groups excluding carboxylic acids is 2. The second-order valence-electron chi connectivity index (χ2n) is 6.37. The van der Waals surface area contributed by atoms with E-state index in [2.05, 4.69) is 25.6 Å². The molecule has 2 aromatic heterocycles. The second-order valence-corrected chi connectivity index (χ2v) is 6.37. The largest absolute Gasteiger partial charge is 0.503 e. The van der Waals surface area contributed by atoms with E-state index in [0.29, 0.717) is 17.4 Å². The molecule has 0 aliphatic carbocycles. The van der Waals surface area contributed by atoms with Gasteiger partial charge in [-0.05, 0) is 29.8 Å². The van der Waals surface area contributed by atoms with Gasteiger partial charge in [-0.2, -0.15) is 4.39 Å². The summed E-state index contributed by atoms with van der Waals surface area (Å²) in [7, 11) is 0. The molecule has 0 spiro atoms. The van der Waals surface area contributed by atoms with Crippen molar-refractivity contribution in [2.75, 3.05) is 11.9 Å². The van der Waals surface area contributed by atoms with E-state index in [4.69, 9.17) is 9.95 Å². The summed E-state index contributed by atoms with van der Waals surface area (Å²) in [5.41, 5.74) is 6.75. The Bertz CT molecular complexity index is 1300. The Morgan fingerprint density at radius 3 is 2.75 bits per heavy atom. The first kappa shape index (κ1) is 22.2. The molecule has 3 rings (SSSR count). The molecule has 2 amide bonds. The summed E-state index contributed by atoms with van der Waals surface area (Å²) in [6.07, 6.45) is 1.22. The Labute approximate surface area is 177 Å². The van der Waals surface area contributed by atoms with Crippen LogP contribution in [0.1, 0.15) is 22.5 Å². The first-order valence-electron chi connectivity index (χ1n) is 8.98. The van der Waals surface area contributed by atoms with Gasteiger partial charge in [0, 0.05) is 29.0 Å². The molecule has 0 bridgehead atoms. The van der Waals surface area contributed by atoms with Crippen LogP contribution >= 0.6 is 0 Å². The molecule has 1 aromatic carbocycles. The minimum atomic E-state index is -1.46. The lowest BCUT2D eigenvalue weighted by molar-refractivity contribution is -0.116. The number of nitrogens with zero attached hydrogens (tertiary/aromatic N) is 4. The van der Waals surface area contributed by atoms with Crippen LogP contribution in [0.2, 0.25) is 0 Å². The van der Waals surface area contributed by atoms with Crippen molar-refractivity contribution in [2.45, 2.75) is 13.0 Å². The van der Waals surface area contributed by atoms with E-state index < -0.39 is 46.0 Å². The average molecular weight is 444 g/mol. The van der Waals surface area contributed by atoms with Crippen LogP contribution < -0.4 is 16.3 Å². The SMILES string of the molecule is [N-]=[N+]=NCc1ccc(NC(=O)CCNC(=O)c2cc3cc(F)c(O)c(F)c3oc2=O)cn1. The fourth-order valence-corrected chi connectivity index (χ4v) is 2.65. The molecule has 164 valence electrons. The maximum Gasteiger partial charge on any atom is 0.349 e. The third kappa shape index (κ3) is 4.96. The molecular formula is C19H14F2N6O5. The van der Waals surface area contributed by atoms with Crippen molar-refractivity contribution >= 4 is 28.5 Å². The number of pyridine rings is 1. The van der Waals surface area contributed by atoms with Gasteiger partial charge in [-0.25, -0.2) is 9.18 Å². The molecule has 0 aliphatic heterocycles. The first-order valence-corrected chi connectivity index (χ1v) is 8.98. The number of fused-ring (bicyclic) bond motifs is 1. The molecule has 3 N–H and O–H groups in total. The summed E-state index contributed by atoms with van der Waals surface area (Å²) in [5, 5.41) is 17.3. The zero-order valence-corrected chi connectivity index (χ0v) is 16.1. The van der Waals surface area contributed by atoms with Crippen molar-refractivity contribution in [3.05, 3.63) is 74.2 Å². The lowest BCUT2D eigenvalue weighted by atomic mass is 10.1. The maximum absolute atomic E-state index is 13.8. The molecule has 11 nitrogen and oxygen atoms in total. The third-order valence-electron chi connectivity index (χ3n) is 4.18. The number of phenolic OH excluding ortho intramolecular Hbond substituents is 1. The lowest BCUT2D eigenvalue weighted by Gasteiger charge is -2.07. The number of nitrogens with one attached hydrogen (secondary N) is 2. The second kappa shape index (κ2) is 9.53. The van der Waals surface area contributed by atoms with Crippen LogP contribution in [0.3, 0.4) is 0 Å². The molecule has 2 heterocycles. The minimum absolute atomic E-state index is 0.0694. The number of halogens is 2. The highest BCUT2D eigenvalue weighted by Crippen LogP contribution is 2.28. The van der Waals surface area contributed by atoms with E-state index in [1.54, 1.807) is 12.1 Å². The molecule has 0 fully saturated rings. The van der Waals surface area contributed by atoms with E-state index in [1.165, 1.54) is 6.20 Å². The Morgan fingerprint density at radius 2 is 2.06 bits per heavy atom. The van der Waals surface area contributed by atoms with Gasteiger partial charge in [-0.1, -0.05) is 5.11 Å². The van der Waals surface area contributed by atoms with Gasteiger partial charge in [0.25, 0.3) is 5.91 Å². The minimum Gasteiger partial charge on any atom is -0.503 e. The molecule has 3 aromatic rings. The number of azide groups is 1. The molecule has 0 saturated heterocycles. The molecule has 0 radical (unpaired) electrons. The van der Waals surface area contributed by atoms with Gasteiger partial charge < -0.3 is 20.2 Å². The van der Waals surface area contributed by atoms with Gasteiger partial charge >= 0.3 is 5.63 Å². The fraction of sp³-hybridized carbons (Fsp3) is 0.158. The van der Waals surface area contributed by atoms with Crippen LogP contribution in [-0.4, -0.2) is 28.4 Å². The number of hydrogen-bond donors (Lipinski definition) is 3. The number of anilines is 1. The maximum atomic E-state index is 13.8. The highest BCUT2D eigenvalue weighted by molar-refractivity contribution is 5.97. The van der Waals surface area contributed by atoms with Crippen LogP contribution in [0.5, 0.6) is 5.75 Å². The molecule has 0 unspecified atom stereocenters. The predicted molar refractivity (Wildman–Crippen MR) is 107 cm³/mol. The standard InChI is InChI=1S/C19H14F2N6O5/c20-13-6-9-5-12(19(31)32-17(9)15(21)16(13)29)18(30)23-4-3-14(28)26-11-2-1-10(24-7-11)8-25-27-22/h1-2,5-7,29H,3-4,8H2,(H,23,30)(H,26,28). The molecular weight excluding hydrogens is 430 g/mol. The van der Waals surface area contributed by atoms with E-state index in [1.807, 2.05) is 0 Å². The quantitative estimate of drug-likeness (QED) is 0.219. The number of phenols is 1. The molecule has 0 atom stereocenters. The van der Waals surface area contributed by atoms with Crippen molar-refractivity contribution in [1.29, 1.82) is 0 Å². The van der Waals surface area contributed by atoms with Gasteiger partial charge in [-0.3, -0.25) is 14.6 Å². The molecule has 32 heavy (non-hydrogen) atoms. The molecule has 0 aliphatic rings. The zero-order valence-electron chi connectivity index (χ0n) is 16.1. The summed E-state index contributed by atoms with van der Waals surface area (Å²) in [4.78, 5) is 42.8. The fourth-order valence-electron chi connectivity index (χ4n) is 2.65. The van der Waals surface area contributed by atoms with Gasteiger partial charge in [0.15, 0.2) is 17.1 Å². The number of hydrogen-bond acceptors (Lipinski definition) is 7. The van der Waals surface area contributed by atoms with Crippen molar-refractivity contribution in [2.24, 2.45) is 5.11 Å². The highest BCUT2D eigenvalue weighted by atomic mass is 19.1. The first-order chi connectivity index (χ1) is 15.3. The summed E-state index contributed by atoms with van der Waals surface area (Å²) >= 11 is 0. The predicted octanol–water partition coefficient (Wildman–Crippen LogP) is 2.74. The van der Waals surface area contributed by atoms with E-state index in [0.717, 1.165) is 6.07 Å². The normalized spacial score (nSPS) is 10.4. The highest BCUT2D eigenvalue weighted by Gasteiger charge is 2.19. The Morgan fingerprint density at radius 1 is 1.28 bits per heavy atom. The number of amides is 2. The van der Waals surface area contributed by atoms with Crippen LogP contribution in [0.15, 0.2) is 44.8 Å². The number of aromatic nitrogens is 1. The summed E-state index contributed by atoms with van der Waals surface area (Å²) in [6.45, 7) is -0.0806. The summed E-state index contributed by atoms with van der Waals surface area (Å²) in [5.74, 6) is -5.41. The average Bonchev–Trinajstić information content (AvgIpc) is 2.77. The Kier molecular flexibility index (Phi) is 6.61. The van der Waals surface area contributed by atoms with E-state index in [9.17, 15) is 28.3 Å². The number of benzene rings is 1. The lowest BCUT2D eigenvalue weighted by Crippen LogP contribution is -2.31.